The zero-order valence-electron chi connectivity index (χ0n) is 18.4. The van der Waals surface area contributed by atoms with Gasteiger partial charge < -0.3 is 19.9 Å². The summed E-state index contributed by atoms with van der Waals surface area (Å²) in [4.78, 5) is 63.7. The molecule has 3 N–H and O–H groups in total. The van der Waals surface area contributed by atoms with Gasteiger partial charge >= 0.3 is 23.5 Å². The molecular weight excluding hydrogens is 440 g/mol. The maximum Gasteiger partial charge on any atom is 0.396 e. The topological polar surface area (TPSA) is 206 Å². The molecule has 1 aromatic rings. The number of azide groups is 1. The van der Waals surface area contributed by atoms with Crippen LogP contribution in [0, 0.1) is 12.8 Å². The molecule has 1 aromatic heterocycles. The number of aromatic nitrogens is 2. The molecule has 1 aliphatic rings. The lowest BCUT2D eigenvalue weighted by atomic mass is 10.0. The van der Waals surface area contributed by atoms with E-state index in [0.717, 1.165) is 0 Å². The molecule has 0 unspecified atom stereocenters. The number of aryl methyl sites for hydroxylation is 1. The van der Waals surface area contributed by atoms with E-state index in [0.29, 0.717) is 5.56 Å². The highest BCUT2D eigenvalue weighted by molar-refractivity contribution is 6.32. The molecule has 2 rings (SSSR count). The number of nitrogens with zero attached hydrogens (tertiary/aromatic N) is 4. The fourth-order valence-corrected chi connectivity index (χ4v) is 3.38. The van der Waals surface area contributed by atoms with Gasteiger partial charge in [0.15, 0.2) is 0 Å². The second-order valence-electron chi connectivity index (χ2n) is 8.12. The van der Waals surface area contributed by atoms with E-state index in [2.05, 4.69) is 20.3 Å². The molecule has 0 aliphatic carbocycles. The molecule has 1 fully saturated rings. The Kier molecular flexibility index (Phi) is 8.77. The van der Waals surface area contributed by atoms with E-state index in [9.17, 15) is 29.1 Å². The molecule has 1 saturated heterocycles. The fraction of sp³-hybridized carbons (Fsp3) is 0.632. The number of carbonyl (C=O) groups is 3. The lowest BCUT2D eigenvalue weighted by molar-refractivity contribution is -0.159. The molecule has 4 atom stereocenters. The van der Waals surface area contributed by atoms with E-state index in [4.69, 9.17) is 15.0 Å². The van der Waals surface area contributed by atoms with Crippen LogP contribution in [0.3, 0.4) is 0 Å². The van der Waals surface area contributed by atoms with Gasteiger partial charge in [0.05, 0.1) is 18.7 Å². The number of aliphatic carboxylic acids is 1. The Bertz CT molecular complexity index is 1060. The number of H-pyrrole nitrogens is 1. The summed E-state index contributed by atoms with van der Waals surface area (Å²) in [5, 5.41) is 14.9. The minimum Gasteiger partial charge on any atom is -0.480 e. The molecule has 2 heterocycles. The summed E-state index contributed by atoms with van der Waals surface area (Å²) in [5.74, 6) is -3.82. The first kappa shape index (κ1) is 25.6. The summed E-state index contributed by atoms with van der Waals surface area (Å²) in [5.41, 5.74) is 8.00. The Morgan fingerprint density at radius 2 is 2.12 bits per heavy atom. The van der Waals surface area contributed by atoms with Crippen molar-refractivity contribution in [2.75, 3.05) is 6.61 Å². The summed E-state index contributed by atoms with van der Waals surface area (Å²) >= 11 is 0. The van der Waals surface area contributed by atoms with Crippen molar-refractivity contribution in [3.8, 4) is 0 Å². The van der Waals surface area contributed by atoms with E-state index in [-0.39, 0.29) is 25.3 Å². The van der Waals surface area contributed by atoms with Gasteiger partial charge in [-0.25, -0.2) is 14.4 Å². The van der Waals surface area contributed by atoms with Gasteiger partial charge in [-0.1, -0.05) is 19.0 Å². The van der Waals surface area contributed by atoms with Crippen molar-refractivity contribution >= 4 is 17.8 Å². The number of carboxylic acid groups (broad SMARTS) is 1. The molecule has 0 bridgehead atoms. The molecular formula is C19H26N6O8. The molecule has 0 spiro atoms. The van der Waals surface area contributed by atoms with E-state index in [1.54, 1.807) is 13.8 Å². The van der Waals surface area contributed by atoms with Gasteiger partial charge in [0.2, 0.25) is 0 Å². The lowest BCUT2D eigenvalue weighted by Crippen LogP contribution is -2.45. The zero-order chi connectivity index (χ0) is 24.7. The van der Waals surface area contributed by atoms with Gasteiger partial charge in [-0.15, -0.1) is 0 Å². The van der Waals surface area contributed by atoms with Gasteiger partial charge in [0, 0.05) is 16.7 Å². The zero-order valence-corrected chi connectivity index (χ0v) is 18.4. The van der Waals surface area contributed by atoms with Crippen LogP contribution in [0.25, 0.3) is 10.4 Å². The average molecular weight is 466 g/mol. The standard InChI is InChI=1S/C19H26N6O8/c1-9(2)4-13(17(28)29)21-16(27)18(30)32-8-14-12(23-24-20)5-11(33-14)7-25-6-10(3)15(26)22-19(25)31/h6,9,11-14H,4-5,7-8H2,1-3H3,(H,21,27)(H,28,29)(H,22,26,31)/t11-,12+,13+,14-/m1/s1. The number of aromatic amines is 1. The Hall–Kier alpha value is -3.64. The monoisotopic (exact) mass is 466 g/mol. The summed E-state index contributed by atoms with van der Waals surface area (Å²) < 4.78 is 11.9. The number of hydrogen-bond donors (Lipinski definition) is 3. The molecule has 0 radical (unpaired) electrons. The van der Waals surface area contributed by atoms with Crippen molar-refractivity contribution in [1.29, 1.82) is 0 Å². The predicted octanol–water partition coefficient (Wildman–Crippen LogP) is -0.160. The Balaban J connectivity index is 1.99. The van der Waals surface area contributed by atoms with Crippen molar-refractivity contribution in [3.05, 3.63) is 43.0 Å². The van der Waals surface area contributed by atoms with Crippen LogP contribution in [0.5, 0.6) is 0 Å². The third kappa shape index (κ3) is 7.19. The summed E-state index contributed by atoms with van der Waals surface area (Å²) in [6, 6.07) is -1.98. The molecule has 33 heavy (non-hydrogen) atoms. The van der Waals surface area contributed by atoms with Gasteiger partial charge in [0.25, 0.3) is 5.56 Å². The summed E-state index contributed by atoms with van der Waals surface area (Å²) in [7, 11) is 0. The van der Waals surface area contributed by atoms with Crippen molar-refractivity contribution in [2.45, 2.75) is 64.4 Å². The fourth-order valence-electron chi connectivity index (χ4n) is 3.38. The number of ether oxygens (including phenoxy) is 2. The largest absolute Gasteiger partial charge is 0.480 e. The van der Waals surface area contributed by atoms with Gasteiger partial charge in [-0.05, 0) is 31.2 Å². The third-order valence-corrected chi connectivity index (χ3v) is 4.96. The highest BCUT2D eigenvalue weighted by Gasteiger charge is 2.36. The van der Waals surface area contributed by atoms with E-state index < -0.39 is 60.0 Å². The van der Waals surface area contributed by atoms with E-state index in [1.807, 2.05) is 0 Å². The SMILES string of the molecule is Cc1cn(C[C@H]2C[C@H](N=[N+]=[N-])[C@@H](COC(=O)C(=O)N[C@@H](CC(C)C)C(=O)O)O2)c(=O)[nH]c1=O. The predicted molar refractivity (Wildman–Crippen MR) is 112 cm³/mol. The first-order valence-corrected chi connectivity index (χ1v) is 10.2. The maximum absolute atomic E-state index is 12.0. The lowest BCUT2D eigenvalue weighted by Gasteiger charge is -2.18. The molecule has 180 valence electrons. The van der Waals surface area contributed by atoms with Crippen LogP contribution in [-0.2, 0) is 30.4 Å². The van der Waals surface area contributed by atoms with Crippen LogP contribution in [0.4, 0.5) is 0 Å². The molecule has 14 nitrogen and oxygen atoms in total. The van der Waals surface area contributed by atoms with Crippen LogP contribution < -0.4 is 16.6 Å². The number of hydrogen-bond acceptors (Lipinski definition) is 8. The smallest absolute Gasteiger partial charge is 0.396 e. The molecule has 1 aliphatic heterocycles. The van der Waals surface area contributed by atoms with Crippen LogP contribution >= 0.6 is 0 Å². The van der Waals surface area contributed by atoms with Crippen molar-refractivity contribution in [1.82, 2.24) is 14.9 Å². The molecule has 0 aromatic carbocycles. The first-order valence-electron chi connectivity index (χ1n) is 10.2. The maximum atomic E-state index is 12.0. The number of carboxylic acids is 1. The second-order valence-corrected chi connectivity index (χ2v) is 8.12. The number of rotatable bonds is 9. The minimum absolute atomic E-state index is 0.0328. The average Bonchev–Trinajstić information content (AvgIpc) is 3.10. The number of nitrogens with one attached hydrogen (secondary N) is 2. The minimum atomic E-state index is -1.30. The van der Waals surface area contributed by atoms with E-state index in [1.165, 1.54) is 17.7 Å². The second kappa shape index (κ2) is 11.3. The Morgan fingerprint density at radius 3 is 2.73 bits per heavy atom. The number of amides is 1. The third-order valence-electron chi connectivity index (χ3n) is 4.96. The number of carbonyl (C=O) groups excluding carboxylic acids is 2. The quantitative estimate of drug-likeness (QED) is 0.146. The van der Waals surface area contributed by atoms with Gasteiger partial charge in [-0.3, -0.25) is 19.1 Å². The normalized spacial score (nSPS) is 20.7. The molecule has 0 saturated carbocycles. The van der Waals surface area contributed by atoms with Gasteiger partial charge in [-0.2, -0.15) is 0 Å². The molecule has 14 heteroatoms. The van der Waals surface area contributed by atoms with Crippen molar-refractivity contribution < 1.29 is 29.0 Å². The van der Waals surface area contributed by atoms with Crippen molar-refractivity contribution in [3.63, 3.8) is 0 Å². The highest BCUT2D eigenvalue weighted by atomic mass is 16.6. The van der Waals surface area contributed by atoms with E-state index >= 15 is 0 Å². The highest BCUT2D eigenvalue weighted by Crippen LogP contribution is 2.25. The van der Waals surface area contributed by atoms with Crippen LogP contribution in [0.1, 0.15) is 32.3 Å². The first-order chi connectivity index (χ1) is 15.5. The Morgan fingerprint density at radius 1 is 1.42 bits per heavy atom. The van der Waals surface area contributed by atoms with Crippen molar-refractivity contribution in [2.24, 2.45) is 11.0 Å². The van der Waals surface area contributed by atoms with Crippen LogP contribution in [0.15, 0.2) is 20.9 Å². The molecule has 1 amide bonds. The summed E-state index contributed by atoms with van der Waals surface area (Å²) in [6.45, 7) is 4.71. The van der Waals surface area contributed by atoms with Crippen LogP contribution in [-0.4, -0.2) is 63.4 Å². The van der Waals surface area contributed by atoms with Crippen LogP contribution in [0.2, 0.25) is 0 Å². The Labute approximate surface area is 187 Å². The number of esters is 1. The summed E-state index contributed by atoms with van der Waals surface area (Å²) in [6.07, 6.45) is 0.237. The van der Waals surface area contributed by atoms with Gasteiger partial charge in [0.1, 0.15) is 18.8 Å².